The minimum absolute atomic E-state index is 0.210. The molecule has 1 heterocycles. The van der Waals surface area contributed by atoms with Crippen molar-refractivity contribution in [3.8, 4) is 5.75 Å². The third-order valence-corrected chi connectivity index (χ3v) is 4.10. The van der Waals surface area contributed by atoms with Crippen molar-refractivity contribution in [2.45, 2.75) is 6.92 Å². The molecule has 0 bridgehead atoms. The SMILES string of the molecule is CCOc1ccc(NC(=O)c2ccc(Nc3ccc(N(C)C)cc3)nc2)cc1. The van der Waals surface area contributed by atoms with Crippen molar-refractivity contribution >= 4 is 28.8 Å². The highest BCUT2D eigenvalue weighted by molar-refractivity contribution is 6.04. The molecule has 0 atom stereocenters. The van der Waals surface area contributed by atoms with Gasteiger partial charge in [-0.25, -0.2) is 4.98 Å². The van der Waals surface area contributed by atoms with Crippen LogP contribution in [-0.4, -0.2) is 31.6 Å². The number of benzene rings is 2. The highest BCUT2D eigenvalue weighted by Crippen LogP contribution is 2.20. The van der Waals surface area contributed by atoms with Gasteiger partial charge in [-0.3, -0.25) is 4.79 Å². The summed E-state index contributed by atoms with van der Waals surface area (Å²) in [6.07, 6.45) is 1.56. The summed E-state index contributed by atoms with van der Waals surface area (Å²) in [5.74, 6) is 1.24. The highest BCUT2D eigenvalue weighted by atomic mass is 16.5. The number of amides is 1. The molecule has 1 amide bonds. The fourth-order valence-corrected chi connectivity index (χ4v) is 2.60. The maximum absolute atomic E-state index is 12.4. The second kappa shape index (κ2) is 8.90. The van der Waals surface area contributed by atoms with Crippen molar-refractivity contribution in [1.82, 2.24) is 4.98 Å². The lowest BCUT2D eigenvalue weighted by Crippen LogP contribution is -2.12. The van der Waals surface area contributed by atoms with Gasteiger partial charge in [-0.1, -0.05) is 0 Å². The maximum atomic E-state index is 12.4. The van der Waals surface area contributed by atoms with Gasteiger partial charge >= 0.3 is 0 Å². The normalized spacial score (nSPS) is 10.2. The monoisotopic (exact) mass is 376 g/mol. The summed E-state index contributed by atoms with van der Waals surface area (Å²) in [5, 5.41) is 6.08. The van der Waals surface area contributed by atoms with Gasteiger partial charge < -0.3 is 20.3 Å². The first kappa shape index (κ1) is 19.2. The first-order chi connectivity index (χ1) is 13.5. The summed E-state index contributed by atoms with van der Waals surface area (Å²) < 4.78 is 5.40. The Balaban J connectivity index is 1.60. The molecule has 0 saturated heterocycles. The van der Waals surface area contributed by atoms with E-state index in [9.17, 15) is 4.79 Å². The molecule has 144 valence electrons. The van der Waals surface area contributed by atoms with E-state index in [0.717, 1.165) is 17.1 Å². The lowest BCUT2D eigenvalue weighted by molar-refractivity contribution is 0.102. The molecule has 0 fully saturated rings. The summed E-state index contributed by atoms with van der Waals surface area (Å²) in [7, 11) is 4.00. The zero-order valence-electron chi connectivity index (χ0n) is 16.3. The first-order valence-corrected chi connectivity index (χ1v) is 9.10. The van der Waals surface area contributed by atoms with Crippen LogP contribution in [0.1, 0.15) is 17.3 Å². The van der Waals surface area contributed by atoms with Crippen LogP contribution in [0.25, 0.3) is 0 Å². The Morgan fingerprint density at radius 2 is 1.64 bits per heavy atom. The van der Waals surface area contributed by atoms with E-state index in [1.54, 1.807) is 18.3 Å². The van der Waals surface area contributed by atoms with Crippen LogP contribution in [0.4, 0.5) is 22.9 Å². The molecule has 6 nitrogen and oxygen atoms in total. The Morgan fingerprint density at radius 1 is 0.964 bits per heavy atom. The molecule has 0 spiro atoms. The van der Waals surface area contributed by atoms with Crippen LogP contribution in [0.2, 0.25) is 0 Å². The molecule has 0 aliphatic carbocycles. The standard InChI is InChI=1S/C22H24N4O2/c1-4-28-20-12-8-18(9-13-20)25-22(27)16-5-14-21(23-15-16)24-17-6-10-19(11-7-17)26(2)3/h5-15H,4H2,1-3H3,(H,23,24)(H,25,27). The Kier molecular flexibility index (Phi) is 6.11. The number of carbonyl (C=O) groups is 1. The quantitative estimate of drug-likeness (QED) is 0.634. The average Bonchev–Trinajstić information content (AvgIpc) is 2.70. The predicted molar refractivity (Wildman–Crippen MR) is 114 cm³/mol. The van der Waals surface area contributed by atoms with Gasteiger partial charge in [-0.05, 0) is 67.6 Å². The largest absolute Gasteiger partial charge is 0.494 e. The zero-order chi connectivity index (χ0) is 19.9. The fourth-order valence-electron chi connectivity index (χ4n) is 2.60. The molecule has 2 N–H and O–H groups in total. The van der Waals surface area contributed by atoms with Gasteiger partial charge in [0.1, 0.15) is 11.6 Å². The van der Waals surface area contributed by atoms with Crippen LogP contribution >= 0.6 is 0 Å². The van der Waals surface area contributed by atoms with E-state index in [1.807, 2.05) is 74.4 Å². The number of carbonyl (C=O) groups excluding carboxylic acids is 1. The van der Waals surface area contributed by atoms with Crippen LogP contribution in [0.5, 0.6) is 5.75 Å². The molecule has 2 aromatic carbocycles. The third kappa shape index (κ3) is 5.01. The maximum Gasteiger partial charge on any atom is 0.257 e. The Bertz CT molecular complexity index is 905. The Hall–Kier alpha value is -3.54. The van der Waals surface area contributed by atoms with Crippen molar-refractivity contribution in [3.63, 3.8) is 0 Å². The predicted octanol–water partition coefficient (Wildman–Crippen LogP) is 4.54. The smallest absolute Gasteiger partial charge is 0.257 e. The van der Waals surface area contributed by atoms with E-state index in [2.05, 4.69) is 15.6 Å². The van der Waals surface area contributed by atoms with Gasteiger partial charge in [-0.2, -0.15) is 0 Å². The van der Waals surface area contributed by atoms with E-state index < -0.39 is 0 Å². The molecule has 0 aliphatic rings. The number of anilines is 4. The topological polar surface area (TPSA) is 66.5 Å². The van der Waals surface area contributed by atoms with Crippen molar-refractivity contribution in [1.29, 1.82) is 0 Å². The van der Waals surface area contributed by atoms with E-state index in [4.69, 9.17) is 4.74 Å². The molecular formula is C22H24N4O2. The molecule has 6 heteroatoms. The number of ether oxygens (including phenoxy) is 1. The number of nitrogens with zero attached hydrogens (tertiary/aromatic N) is 2. The van der Waals surface area contributed by atoms with E-state index in [-0.39, 0.29) is 5.91 Å². The van der Waals surface area contributed by atoms with E-state index in [0.29, 0.717) is 23.7 Å². The summed E-state index contributed by atoms with van der Waals surface area (Å²) in [6.45, 7) is 2.54. The molecule has 28 heavy (non-hydrogen) atoms. The Labute approximate surface area is 165 Å². The summed E-state index contributed by atoms with van der Waals surface area (Å²) >= 11 is 0. The highest BCUT2D eigenvalue weighted by Gasteiger charge is 2.07. The zero-order valence-corrected chi connectivity index (χ0v) is 16.3. The number of hydrogen-bond donors (Lipinski definition) is 2. The molecule has 0 radical (unpaired) electrons. The number of rotatable bonds is 7. The molecule has 3 rings (SSSR count). The van der Waals surface area contributed by atoms with Crippen molar-refractivity contribution in [3.05, 3.63) is 72.4 Å². The summed E-state index contributed by atoms with van der Waals surface area (Å²) in [6, 6.07) is 18.8. The lowest BCUT2D eigenvalue weighted by atomic mass is 10.2. The lowest BCUT2D eigenvalue weighted by Gasteiger charge is -2.13. The number of hydrogen-bond acceptors (Lipinski definition) is 5. The van der Waals surface area contributed by atoms with Gasteiger partial charge in [0.2, 0.25) is 0 Å². The number of aromatic nitrogens is 1. The van der Waals surface area contributed by atoms with Crippen LogP contribution in [-0.2, 0) is 0 Å². The van der Waals surface area contributed by atoms with Crippen LogP contribution in [0.3, 0.4) is 0 Å². The molecule has 0 aliphatic heterocycles. The van der Waals surface area contributed by atoms with Gasteiger partial charge in [0.15, 0.2) is 0 Å². The van der Waals surface area contributed by atoms with Crippen LogP contribution in [0, 0.1) is 0 Å². The molecule has 3 aromatic rings. The van der Waals surface area contributed by atoms with E-state index in [1.165, 1.54) is 0 Å². The first-order valence-electron chi connectivity index (χ1n) is 9.10. The van der Waals surface area contributed by atoms with Crippen molar-refractivity contribution in [2.75, 3.05) is 36.2 Å². The minimum Gasteiger partial charge on any atom is -0.494 e. The van der Waals surface area contributed by atoms with Gasteiger partial charge in [-0.15, -0.1) is 0 Å². The minimum atomic E-state index is -0.210. The third-order valence-electron chi connectivity index (χ3n) is 4.10. The summed E-state index contributed by atoms with van der Waals surface area (Å²) in [5.41, 5.74) is 3.25. The molecule has 1 aromatic heterocycles. The second-order valence-electron chi connectivity index (χ2n) is 6.41. The van der Waals surface area contributed by atoms with Crippen LogP contribution in [0.15, 0.2) is 66.9 Å². The van der Waals surface area contributed by atoms with Crippen molar-refractivity contribution < 1.29 is 9.53 Å². The average molecular weight is 376 g/mol. The van der Waals surface area contributed by atoms with E-state index >= 15 is 0 Å². The van der Waals surface area contributed by atoms with Gasteiger partial charge in [0.25, 0.3) is 5.91 Å². The molecular weight excluding hydrogens is 352 g/mol. The number of nitrogens with one attached hydrogen (secondary N) is 2. The summed E-state index contributed by atoms with van der Waals surface area (Å²) in [4.78, 5) is 18.8. The molecule has 0 unspecified atom stereocenters. The second-order valence-corrected chi connectivity index (χ2v) is 6.41. The van der Waals surface area contributed by atoms with Gasteiger partial charge in [0.05, 0.1) is 12.2 Å². The molecule has 0 saturated carbocycles. The Morgan fingerprint density at radius 3 is 2.21 bits per heavy atom. The number of pyridine rings is 1. The fraction of sp³-hybridized carbons (Fsp3) is 0.182. The van der Waals surface area contributed by atoms with Crippen LogP contribution < -0.4 is 20.3 Å². The van der Waals surface area contributed by atoms with Gasteiger partial charge in [0, 0.05) is 37.4 Å². The van der Waals surface area contributed by atoms with Crippen molar-refractivity contribution in [2.24, 2.45) is 0 Å².